The van der Waals surface area contributed by atoms with E-state index < -0.39 is 11.0 Å². The number of thioether (sulfide) groups is 1. The van der Waals surface area contributed by atoms with Crippen molar-refractivity contribution in [3.63, 3.8) is 0 Å². The molecule has 6 nitrogen and oxygen atoms in total. The monoisotopic (exact) mass is 493 g/mol. The van der Waals surface area contributed by atoms with Crippen molar-refractivity contribution in [2.75, 3.05) is 20.2 Å². The molecule has 1 aromatic heterocycles. The molecule has 2 bridgehead atoms. The second kappa shape index (κ2) is 7.89. The Morgan fingerprint density at radius 1 is 1.29 bits per heavy atom. The predicted molar refractivity (Wildman–Crippen MR) is 134 cm³/mol. The number of likely N-dealkylation sites (tertiary alicyclic amines) is 1. The van der Waals surface area contributed by atoms with Crippen molar-refractivity contribution < 1.29 is 23.8 Å². The summed E-state index contributed by atoms with van der Waals surface area (Å²) >= 11 is 1.35. The summed E-state index contributed by atoms with van der Waals surface area (Å²) in [5, 5.41) is 12.5. The molecule has 184 valence electrons. The van der Waals surface area contributed by atoms with Gasteiger partial charge in [-0.15, -0.1) is 0 Å². The van der Waals surface area contributed by atoms with Crippen LogP contribution in [0, 0.1) is 5.92 Å². The molecule has 0 amide bonds. The molecule has 2 aromatic rings. The van der Waals surface area contributed by atoms with Crippen LogP contribution in [0.5, 0.6) is 11.5 Å². The molecule has 1 aromatic carbocycles. The summed E-state index contributed by atoms with van der Waals surface area (Å²) in [4.78, 5) is 15.5. The van der Waals surface area contributed by atoms with E-state index in [1.165, 1.54) is 30.2 Å². The summed E-state index contributed by atoms with van der Waals surface area (Å²) in [6.07, 6.45) is 12.1. The lowest BCUT2D eigenvalue weighted by atomic mass is 9.49. The van der Waals surface area contributed by atoms with Gasteiger partial charge in [0.1, 0.15) is 6.10 Å². The molecule has 7 rings (SSSR count). The zero-order chi connectivity index (χ0) is 23.8. The van der Waals surface area contributed by atoms with Gasteiger partial charge in [0.15, 0.2) is 11.5 Å². The van der Waals surface area contributed by atoms with Crippen LogP contribution >= 0.6 is 11.8 Å². The number of methoxy groups -OCH3 is 1. The molecule has 1 saturated heterocycles. The van der Waals surface area contributed by atoms with Crippen LogP contribution in [0.1, 0.15) is 48.8 Å². The van der Waals surface area contributed by atoms with Gasteiger partial charge in [-0.2, -0.15) is 0 Å². The van der Waals surface area contributed by atoms with Gasteiger partial charge in [-0.3, -0.25) is 9.69 Å². The zero-order valence-electron chi connectivity index (χ0n) is 19.9. The third-order valence-corrected chi connectivity index (χ3v) is 10.3. The van der Waals surface area contributed by atoms with Gasteiger partial charge >= 0.3 is 0 Å². The molecular formula is C28H31NO5S. The van der Waals surface area contributed by atoms with Crippen molar-refractivity contribution >= 4 is 23.0 Å². The molecule has 35 heavy (non-hydrogen) atoms. The largest absolute Gasteiger partial charge is 0.493 e. The Labute approximate surface area is 209 Å². The molecule has 5 aliphatic rings. The van der Waals surface area contributed by atoms with Crippen LogP contribution in [0.4, 0.5) is 0 Å². The van der Waals surface area contributed by atoms with Crippen molar-refractivity contribution in [2.45, 2.75) is 66.9 Å². The Morgan fingerprint density at radius 2 is 2.17 bits per heavy atom. The van der Waals surface area contributed by atoms with Crippen LogP contribution in [0.2, 0.25) is 0 Å². The van der Waals surface area contributed by atoms with Gasteiger partial charge in [-0.05, 0) is 80.8 Å². The quantitative estimate of drug-likeness (QED) is 0.605. The van der Waals surface area contributed by atoms with E-state index in [2.05, 4.69) is 11.0 Å². The Kier molecular flexibility index (Phi) is 4.96. The lowest BCUT2D eigenvalue weighted by Crippen LogP contribution is -2.77. The van der Waals surface area contributed by atoms with Crippen molar-refractivity contribution in [2.24, 2.45) is 5.92 Å². The fraction of sp³-hybridized carbons (Fsp3) is 0.536. The number of piperidine rings is 1. The number of aliphatic hydroxyl groups is 1. The van der Waals surface area contributed by atoms with Gasteiger partial charge in [-0.25, -0.2) is 0 Å². The highest BCUT2D eigenvalue weighted by molar-refractivity contribution is 8.14. The van der Waals surface area contributed by atoms with Gasteiger partial charge in [0.05, 0.1) is 35.9 Å². The van der Waals surface area contributed by atoms with Gasteiger partial charge in [0.25, 0.3) is 0 Å². The minimum Gasteiger partial charge on any atom is -0.493 e. The number of carbonyl (C=O) groups is 1. The van der Waals surface area contributed by atoms with Crippen LogP contribution < -0.4 is 9.47 Å². The predicted octanol–water partition coefficient (Wildman–Crippen LogP) is 4.19. The minimum atomic E-state index is -0.859. The van der Waals surface area contributed by atoms with Crippen LogP contribution in [0.3, 0.4) is 0 Å². The van der Waals surface area contributed by atoms with Crippen molar-refractivity contribution in [3.8, 4) is 11.5 Å². The molecule has 7 heteroatoms. The summed E-state index contributed by atoms with van der Waals surface area (Å²) in [5.41, 5.74) is 1.93. The number of benzene rings is 1. The van der Waals surface area contributed by atoms with Gasteiger partial charge in [0.2, 0.25) is 5.12 Å². The highest BCUT2D eigenvalue weighted by atomic mass is 32.2. The average Bonchev–Trinajstić information content (AvgIpc) is 3.36. The SMILES string of the molecule is COc1ccc2c3c1O[C@H]1[C@H](SC(=O)/C=C/c4ccoc4)CC[C@@]4(O)[C@@H](C2)N(CC2CC2)CC[C@]314. The van der Waals surface area contributed by atoms with E-state index in [-0.39, 0.29) is 22.5 Å². The number of rotatable bonds is 6. The second-order valence-corrected chi connectivity index (χ2v) is 12.1. The van der Waals surface area contributed by atoms with E-state index in [0.29, 0.717) is 6.42 Å². The third-order valence-electron chi connectivity index (χ3n) is 9.14. The summed E-state index contributed by atoms with van der Waals surface area (Å²) in [7, 11) is 1.67. The normalized spacial score (nSPS) is 35.1. The zero-order valence-corrected chi connectivity index (χ0v) is 20.8. The van der Waals surface area contributed by atoms with E-state index >= 15 is 0 Å². The maximum Gasteiger partial charge on any atom is 0.212 e. The first-order chi connectivity index (χ1) is 17.0. The molecule has 1 spiro atoms. The smallest absolute Gasteiger partial charge is 0.212 e. The van der Waals surface area contributed by atoms with Crippen molar-refractivity contribution in [1.82, 2.24) is 4.90 Å². The fourth-order valence-corrected chi connectivity index (χ4v) is 8.52. The molecule has 2 aliphatic heterocycles. The highest BCUT2D eigenvalue weighted by Crippen LogP contribution is 2.66. The molecular weight excluding hydrogens is 462 g/mol. The first-order valence-corrected chi connectivity index (χ1v) is 13.7. The van der Waals surface area contributed by atoms with Crippen LogP contribution in [0.25, 0.3) is 6.08 Å². The Morgan fingerprint density at radius 3 is 2.94 bits per heavy atom. The van der Waals surface area contributed by atoms with E-state index in [4.69, 9.17) is 13.9 Å². The Bertz CT molecular complexity index is 1190. The summed E-state index contributed by atoms with van der Waals surface area (Å²) in [6, 6.07) is 6.11. The van der Waals surface area contributed by atoms with Crippen molar-refractivity contribution in [1.29, 1.82) is 0 Å². The summed E-state index contributed by atoms with van der Waals surface area (Å²) < 4.78 is 17.6. The first kappa shape index (κ1) is 22.0. The molecule has 3 heterocycles. The maximum atomic E-state index is 13.0. The van der Waals surface area contributed by atoms with E-state index in [1.54, 1.807) is 31.8 Å². The number of hydrogen-bond acceptors (Lipinski definition) is 7. The van der Waals surface area contributed by atoms with Gasteiger partial charge in [0, 0.05) is 23.7 Å². The highest BCUT2D eigenvalue weighted by Gasteiger charge is 2.73. The van der Waals surface area contributed by atoms with E-state index in [0.717, 1.165) is 60.9 Å². The summed E-state index contributed by atoms with van der Waals surface area (Å²) in [6.45, 7) is 2.05. The van der Waals surface area contributed by atoms with Crippen LogP contribution in [0.15, 0.2) is 41.2 Å². The topological polar surface area (TPSA) is 72.1 Å². The summed E-state index contributed by atoms with van der Waals surface area (Å²) in [5.74, 6) is 2.29. The lowest BCUT2D eigenvalue weighted by molar-refractivity contribution is -0.184. The number of ether oxygens (including phenoxy) is 2. The Balaban J connectivity index is 1.26. The molecule has 0 radical (unpaired) electrons. The second-order valence-electron chi connectivity index (χ2n) is 10.9. The molecule has 1 N–H and O–H groups in total. The molecule has 0 unspecified atom stereocenters. The van der Waals surface area contributed by atoms with Crippen molar-refractivity contribution in [3.05, 3.63) is 53.5 Å². The molecule has 3 aliphatic carbocycles. The first-order valence-electron chi connectivity index (χ1n) is 12.8. The number of nitrogens with zero attached hydrogens (tertiary/aromatic N) is 1. The Hall–Kier alpha value is -2.22. The maximum absolute atomic E-state index is 13.0. The number of carbonyl (C=O) groups excluding carboxylic acids is 1. The third kappa shape index (κ3) is 3.14. The molecule has 3 fully saturated rings. The number of hydrogen-bond donors (Lipinski definition) is 1. The molecule has 5 atom stereocenters. The van der Waals surface area contributed by atoms with E-state index in [1.807, 2.05) is 12.1 Å². The number of furan rings is 1. The standard InChI is InChI=1S/C28H31NO5S/c1-32-20-6-5-19-14-22-28(31)10-8-21(35-23(30)7-4-18-9-13-33-16-18)26-27(28,24(19)25(20)34-26)11-12-29(22)15-17-2-3-17/h4-7,9,13,16-17,21-22,26,31H,2-3,8,10-12,14-15H2,1H3/b7-4+/t21-,22-,26+,27+,28-/m1/s1. The molecule has 2 saturated carbocycles. The van der Waals surface area contributed by atoms with Gasteiger partial charge in [-0.1, -0.05) is 17.8 Å². The van der Waals surface area contributed by atoms with Crippen LogP contribution in [-0.4, -0.2) is 58.3 Å². The van der Waals surface area contributed by atoms with E-state index in [9.17, 15) is 9.90 Å². The van der Waals surface area contributed by atoms with Crippen LogP contribution in [-0.2, 0) is 16.6 Å². The average molecular weight is 494 g/mol. The fourth-order valence-electron chi connectivity index (χ4n) is 7.43. The lowest BCUT2D eigenvalue weighted by Gasteiger charge is -2.64. The van der Waals surface area contributed by atoms with Gasteiger partial charge < -0.3 is 19.0 Å². The minimum absolute atomic E-state index is 0.00307.